The predicted molar refractivity (Wildman–Crippen MR) is 116 cm³/mol. The Hall–Kier alpha value is -1.04. The van der Waals surface area contributed by atoms with Crippen molar-refractivity contribution in [1.82, 2.24) is 0 Å². The Labute approximate surface area is 173 Å². The molecular formula is C22H25ClNPRu+2. The van der Waals surface area contributed by atoms with Crippen LogP contribution in [0.1, 0.15) is 18.1 Å². The van der Waals surface area contributed by atoms with E-state index in [1.807, 2.05) is 30.3 Å². The molecule has 0 heterocycles. The molecular weight excluding hydrogens is 446 g/mol. The van der Waals surface area contributed by atoms with Crippen LogP contribution in [0.2, 0.25) is 0 Å². The summed E-state index contributed by atoms with van der Waals surface area (Å²) in [6.45, 7) is 2.02. The average molecular weight is 471 g/mol. The van der Waals surface area contributed by atoms with Crippen molar-refractivity contribution in [3.8, 4) is 0 Å². The summed E-state index contributed by atoms with van der Waals surface area (Å²) in [5, 5.41) is 2.74. The van der Waals surface area contributed by atoms with Crippen molar-refractivity contribution in [3.63, 3.8) is 0 Å². The predicted octanol–water partition coefficient (Wildman–Crippen LogP) is 6.17. The standard InChI is InChI=1S/C21H21NP.CH3.ClH.Ru/c1-17(22)21(18-11-5-2-6-12-18)23(19-13-7-3-8-14-19)20-15-9-4-10-16-20;;;/h2-17,21-22H,1H3;1H3;1H;/q2*-1;;+4/t17-,21+;;;/m0.../s1. The molecule has 0 unspecified atom stereocenters. The molecule has 1 N–H and O–H groups in total. The summed E-state index contributed by atoms with van der Waals surface area (Å²) in [4.78, 5) is 0. The van der Waals surface area contributed by atoms with E-state index >= 15 is 0 Å². The minimum atomic E-state index is -1.08. The van der Waals surface area contributed by atoms with Crippen molar-refractivity contribution in [2.75, 3.05) is 0 Å². The van der Waals surface area contributed by atoms with E-state index in [1.54, 1.807) is 0 Å². The van der Waals surface area contributed by atoms with Crippen molar-refractivity contribution in [1.29, 1.82) is 0 Å². The first-order valence-electron chi connectivity index (χ1n) is 8.14. The van der Waals surface area contributed by atoms with Gasteiger partial charge >= 0.3 is 27.0 Å². The quantitative estimate of drug-likeness (QED) is 0.242. The molecule has 0 aromatic heterocycles. The van der Waals surface area contributed by atoms with Crippen LogP contribution in [0.3, 0.4) is 0 Å². The van der Waals surface area contributed by atoms with Crippen LogP contribution < -0.4 is 10.6 Å². The molecule has 0 aliphatic rings. The first kappa shape index (κ1) is 23.0. The van der Waals surface area contributed by atoms with E-state index in [4.69, 9.17) is 5.73 Å². The Morgan fingerprint density at radius 2 is 1.08 bits per heavy atom. The Morgan fingerprint density at radius 1 is 0.731 bits per heavy atom. The third kappa shape index (κ3) is 6.00. The second kappa shape index (κ2) is 12.4. The molecule has 2 atom stereocenters. The van der Waals surface area contributed by atoms with Crippen molar-refractivity contribution in [3.05, 3.63) is 110 Å². The van der Waals surface area contributed by atoms with Crippen LogP contribution in [0.15, 0.2) is 91.0 Å². The Morgan fingerprint density at radius 3 is 1.42 bits per heavy atom. The molecule has 0 saturated heterocycles. The second-order valence-corrected chi connectivity index (χ2v) is 8.43. The van der Waals surface area contributed by atoms with Gasteiger partial charge in [-0.2, -0.15) is 0 Å². The molecule has 1 nitrogen and oxygen atoms in total. The number of hydrogen-bond donors (Lipinski definition) is 0. The number of benzene rings is 3. The van der Waals surface area contributed by atoms with Gasteiger partial charge in [0.2, 0.25) is 0 Å². The zero-order valence-corrected chi connectivity index (χ0v) is 18.5. The van der Waals surface area contributed by atoms with E-state index in [2.05, 4.69) is 94.6 Å². The topological polar surface area (TPSA) is 23.8 Å². The molecule has 0 fully saturated rings. The maximum absolute atomic E-state index is 8.53. The molecule has 3 aromatic rings. The van der Waals surface area contributed by atoms with Gasteiger partial charge in [0.05, 0.1) is 24.2 Å². The molecule has 0 aliphatic carbocycles. The second-order valence-electron chi connectivity index (χ2n) is 5.82. The van der Waals surface area contributed by atoms with Crippen LogP contribution in [0, 0.1) is 7.43 Å². The molecule has 0 bridgehead atoms. The van der Waals surface area contributed by atoms with E-state index in [9.17, 15) is 0 Å². The number of hydrogen-bond acceptors (Lipinski definition) is 0. The van der Waals surface area contributed by atoms with E-state index in [0.29, 0.717) is 0 Å². The zero-order valence-electron chi connectivity index (χ0n) is 15.0. The van der Waals surface area contributed by atoms with Gasteiger partial charge in [-0.15, -0.1) is 0 Å². The maximum atomic E-state index is 8.53. The van der Waals surface area contributed by atoms with Gasteiger partial charge in [-0.05, 0) is 29.8 Å². The van der Waals surface area contributed by atoms with E-state index in [0.717, 1.165) is 0 Å². The summed E-state index contributed by atoms with van der Waals surface area (Å²) in [6.07, 6.45) is 0. The third-order valence-corrected chi connectivity index (χ3v) is 7.51. The van der Waals surface area contributed by atoms with E-state index in [-0.39, 0.29) is 19.1 Å². The average Bonchev–Trinajstić information content (AvgIpc) is 2.69. The summed E-state index contributed by atoms with van der Waals surface area (Å²) >= 11 is 1.82. The van der Waals surface area contributed by atoms with Crippen LogP contribution in [-0.2, 0) is 17.3 Å². The summed E-state index contributed by atoms with van der Waals surface area (Å²) in [5.41, 5.74) is 10.0. The summed E-state index contributed by atoms with van der Waals surface area (Å²) in [5.74, 6) is 0. The number of nitrogens with one attached hydrogen (secondary N) is 1. The number of rotatable bonds is 5. The normalized spacial score (nSPS) is 12.3. The van der Waals surface area contributed by atoms with Gasteiger partial charge in [0.1, 0.15) is 0 Å². The fourth-order valence-corrected chi connectivity index (χ4v) is 6.31. The van der Waals surface area contributed by atoms with Crippen LogP contribution in [0.5, 0.6) is 0 Å². The van der Waals surface area contributed by atoms with E-state index in [1.165, 1.54) is 16.2 Å². The van der Waals surface area contributed by atoms with Crippen molar-refractivity contribution < 1.29 is 17.3 Å². The molecule has 0 radical (unpaired) electrons. The van der Waals surface area contributed by atoms with Gasteiger partial charge < -0.3 is 13.2 Å². The molecule has 3 rings (SSSR count). The molecule has 26 heavy (non-hydrogen) atoms. The first-order chi connectivity index (χ1) is 12.3. The summed E-state index contributed by atoms with van der Waals surface area (Å²) < 4.78 is 0. The van der Waals surface area contributed by atoms with Crippen molar-refractivity contribution >= 4 is 28.2 Å². The van der Waals surface area contributed by atoms with Crippen molar-refractivity contribution in [2.45, 2.75) is 18.6 Å². The molecule has 0 saturated carbocycles. The third-order valence-electron chi connectivity index (χ3n) is 4.14. The molecule has 0 amide bonds. The number of halogens is 1. The molecule has 4 heteroatoms. The fourth-order valence-electron chi connectivity index (χ4n) is 3.13. The Balaban J connectivity index is 0.00000109. The van der Waals surface area contributed by atoms with Crippen LogP contribution >= 0.6 is 17.6 Å². The van der Waals surface area contributed by atoms with Gasteiger partial charge in [0.15, 0.2) is 0 Å². The van der Waals surface area contributed by atoms with Crippen LogP contribution in [-0.4, -0.2) is 6.04 Å². The monoisotopic (exact) mass is 471 g/mol. The molecule has 136 valence electrons. The van der Waals surface area contributed by atoms with Gasteiger partial charge in [-0.1, -0.05) is 79.7 Å². The summed E-state index contributed by atoms with van der Waals surface area (Å²) in [6, 6.07) is 31.9. The fraction of sp³-hybridized carbons (Fsp3) is 0.136. The van der Waals surface area contributed by atoms with Gasteiger partial charge in [0.25, 0.3) is 0 Å². The molecule has 0 spiro atoms. The van der Waals surface area contributed by atoms with Crippen LogP contribution in [0.25, 0.3) is 5.73 Å². The van der Waals surface area contributed by atoms with Gasteiger partial charge in [-0.25, -0.2) is 0 Å². The minimum absolute atomic E-state index is 0. The molecule has 0 aliphatic heterocycles. The van der Waals surface area contributed by atoms with E-state index < -0.39 is 7.92 Å². The summed E-state index contributed by atoms with van der Waals surface area (Å²) in [7, 11) is 3.49. The van der Waals surface area contributed by atoms with Gasteiger partial charge in [-0.3, -0.25) is 0 Å². The Bertz CT molecular complexity index is 683. The zero-order chi connectivity index (χ0) is 18.1. The first-order valence-corrected chi connectivity index (χ1v) is 12.0. The molecule has 3 aromatic carbocycles. The van der Waals surface area contributed by atoms with Crippen LogP contribution in [0.4, 0.5) is 0 Å². The Kier molecular flexibility index (Phi) is 10.9. The van der Waals surface area contributed by atoms with Crippen molar-refractivity contribution in [2.24, 2.45) is 0 Å². The SMILES string of the molecule is C[C@H]([NH-])[C@H](c1ccccc1)[PH+](c1ccccc1)c1ccccc1.[CH3-].[Cl][Ru+3]. The van der Waals surface area contributed by atoms with Gasteiger partial charge in [0, 0.05) is 0 Å².